The Morgan fingerprint density at radius 2 is 1.59 bits per heavy atom. The highest BCUT2D eigenvalue weighted by Gasteiger charge is 2.50. The summed E-state index contributed by atoms with van der Waals surface area (Å²) in [6, 6.07) is 0.485. The first kappa shape index (κ1) is 17.9. The monoisotopic (exact) mass is 374 g/mol. The molecule has 1 atom stereocenters. The Morgan fingerprint density at radius 3 is 2.19 bits per heavy atom. The van der Waals surface area contributed by atoms with Crippen molar-refractivity contribution in [1.82, 2.24) is 20.0 Å². The normalized spacial score (nSPS) is 42.4. The van der Waals surface area contributed by atoms with Crippen LogP contribution in [0.15, 0.2) is 0 Å². The van der Waals surface area contributed by atoms with Crippen LogP contribution in [0.3, 0.4) is 0 Å². The smallest absolute Gasteiger partial charge is 0.237 e. The third kappa shape index (κ3) is 3.29. The molecule has 150 valence electrons. The molecule has 0 aromatic rings. The summed E-state index contributed by atoms with van der Waals surface area (Å²) in [5.41, 5.74) is 0. The van der Waals surface area contributed by atoms with E-state index in [9.17, 15) is 9.59 Å². The van der Waals surface area contributed by atoms with E-state index in [1.165, 1.54) is 32.1 Å². The van der Waals surface area contributed by atoms with E-state index < -0.39 is 0 Å². The van der Waals surface area contributed by atoms with Crippen molar-refractivity contribution < 1.29 is 9.59 Å². The summed E-state index contributed by atoms with van der Waals surface area (Å²) in [7, 11) is 1.95. The molecule has 0 radical (unpaired) electrons. The van der Waals surface area contributed by atoms with Crippen molar-refractivity contribution in [2.24, 2.45) is 23.7 Å². The van der Waals surface area contributed by atoms with Gasteiger partial charge >= 0.3 is 0 Å². The van der Waals surface area contributed by atoms with Crippen LogP contribution in [0, 0.1) is 23.7 Å². The molecule has 6 aliphatic rings. The summed E-state index contributed by atoms with van der Waals surface area (Å²) >= 11 is 0. The van der Waals surface area contributed by atoms with Gasteiger partial charge in [-0.05, 0) is 62.8 Å². The highest BCUT2D eigenvalue weighted by Crippen LogP contribution is 2.55. The predicted octanol–water partition coefficient (Wildman–Crippen LogP) is 0.776. The second kappa shape index (κ2) is 7.03. The number of likely N-dealkylation sites (N-methyl/N-ethyl adjacent to an activating group) is 1. The summed E-state index contributed by atoms with van der Waals surface area (Å²) in [6.07, 6.45) is 7.66. The highest BCUT2D eigenvalue weighted by molar-refractivity contribution is 5.88. The van der Waals surface area contributed by atoms with Crippen molar-refractivity contribution in [2.75, 3.05) is 46.3 Å². The molecule has 2 heterocycles. The van der Waals surface area contributed by atoms with Gasteiger partial charge in [-0.15, -0.1) is 0 Å². The van der Waals surface area contributed by atoms with Crippen molar-refractivity contribution in [3.8, 4) is 0 Å². The Bertz CT molecular complexity index is 573. The van der Waals surface area contributed by atoms with Gasteiger partial charge < -0.3 is 10.2 Å². The number of carbonyl (C=O) groups excluding carboxylic acids is 2. The maximum absolute atomic E-state index is 12.8. The zero-order valence-corrected chi connectivity index (χ0v) is 16.6. The quantitative estimate of drug-likeness (QED) is 0.793. The molecule has 0 aromatic carbocycles. The summed E-state index contributed by atoms with van der Waals surface area (Å²) in [4.78, 5) is 31.6. The lowest BCUT2D eigenvalue weighted by atomic mass is 9.54. The van der Waals surface area contributed by atoms with Gasteiger partial charge in [0.1, 0.15) is 0 Å². The molecule has 4 saturated carbocycles. The number of rotatable bonds is 3. The van der Waals surface area contributed by atoms with E-state index >= 15 is 0 Å². The van der Waals surface area contributed by atoms with Crippen molar-refractivity contribution >= 4 is 11.8 Å². The van der Waals surface area contributed by atoms with Crippen LogP contribution < -0.4 is 5.32 Å². The molecular weight excluding hydrogens is 340 g/mol. The molecule has 6 rings (SSSR count). The average Bonchev–Trinajstić information content (AvgIpc) is 2.64. The highest BCUT2D eigenvalue weighted by atomic mass is 16.2. The van der Waals surface area contributed by atoms with Crippen LogP contribution in [0.5, 0.6) is 0 Å². The van der Waals surface area contributed by atoms with Crippen LogP contribution in [-0.4, -0.2) is 84.9 Å². The molecule has 4 aliphatic carbocycles. The fraction of sp³-hybridized carbons (Fsp3) is 0.905. The molecular formula is C21H34N4O2. The number of nitrogens with one attached hydrogen (secondary N) is 1. The summed E-state index contributed by atoms with van der Waals surface area (Å²) < 4.78 is 0. The van der Waals surface area contributed by atoms with Gasteiger partial charge in [-0.2, -0.15) is 0 Å². The minimum absolute atomic E-state index is 0.00401. The summed E-state index contributed by atoms with van der Waals surface area (Å²) in [5.74, 6) is 4.03. The Balaban J connectivity index is 1.16. The van der Waals surface area contributed by atoms with Crippen LogP contribution in [0.4, 0.5) is 0 Å². The van der Waals surface area contributed by atoms with E-state index in [0.717, 1.165) is 62.4 Å². The molecule has 2 saturated heterocycles. The third-order valence-electron chi connectivity index (χ3n) is 8.23. The largest absolute Gasteiger partial charge is 0.353 e. The standard InChI is InChI=1S/C21H34N4O2/c1-23-3-2-22-21(27)18(23)13-19(26)24-4-6-25(7-5-24)20-16-9-14-8-15(11-16)12-17(20)10-14/h14-18,20H,2-13H2,1H3,(H,22,27)/t14?,15?,16?,17?,18-,20?/m0/s1. The number of hydrogen-bond acceptors (Lipinski definition) is 4. The van der Waals surface area contributed by atoms with E-state index in [1.54, 1.807) is 0 Å². The van der Waals surface area contributed by atoms with Crippen molar-refractivity contribution in [3.05, 3.63) is 0 Å². The van der Waals surface area contributed by atoms with Gasteiger partial charge in [0, 0.05) is 45.3 Å². The molecule has 0 unspecified atom stereocenters. The molecule has 6 heteroatoms. The van der Waals surface area contributed by atoms with Crippen LogP contribution in [0.2, 0.25) is 0 Å². The van der Waals surface area contributed by atoms with Crippen LogP contribution >= 0.6 is 0 Å². The maximum atomic E-state index is 12.8. The second-order valence-corrected chi connectivity index (χ2v) is 9.83. The van der Waals surface area contributed by atoms with Gasteiger partial charge in [0.15, 0.2) is 0 Å². The van der Waals surface area contributed by atoms with E-state index in [2.05, 4.69) is 10.2 Å². The molecule has 0 aromatic heterocycles. The summed E-state index contributed by atoms with van der Waals surface area (Å²) in [6.45, 7) is 5.21. The second-order valence-electron chi connectivity index (χ2n) is 9.83. The topological polar surface area (TPSA) is 55.9 Å². The number of nitrogens with zero attached hydrogens (tertiary/aromatic N) is 3. The summed E-state index contributed by atoms with van der Waals surface area (Å²) in [5, 5.41) is 2.89. The number of hydrogen-bond donors (Lipinski definition) is 1. The maximum Gasteiger partial charge on any atom is 0.237 e. The van der Waals surface area contributed by atoms with Crippen LogP contribution in [-0.2, 0) is 9.59 Å². The van der Waals surface area contributed by atoms with E-state index in [1.807, 2.05) is 16.8 Å². The number of carbonyl (C=O) groups is 2. The van der Waals surface area contributed by atoms with Gasteiger partial charge in [0.2, 0.25) is 11.8 Å². The Labute approximate surface area is 162 Å². The van der Waals surface area contributed by atoms with Crippen molar-refractivity contribution in [3.63, 3.8) is 0 Å². The first-order chi connectivity index (χ1) is 13.1. The Morgan fingerprint density at radius 1 is 0.963 bits per heavy atom. The Kier molecular flexibility index (Phi) is 4.67. The zero-order valence-electron chi connectivity index (χ0n) is 16.6. The predicted molar refractivity (Wildman–Crippen MR) is 103 cm³/mol. The van der Waals surface area contributed by atoms with Gasteiger partial charge in [-0.3, -0.25) is 19.4 Å². The third-order valence-corrected chi connectivity index (χ3v) is 8.23. The lowest BCUT2D eigenvalue weighted by Crippen LogP contribution is -2.61. The fourth-order valence-corrected chi connectivity index (χ4v) is 7.13. The minimum Gasteiger partial charge on any atom is -0.353 e. The first-order valence-electron chi connectivity index (χ1n) is 11.1. The van der Waals surface area contributed by atoms with Crippen molar-refractivity contribution in [1.29, 1.82) is 0 Å². The molecule has 1 N–H and O–H groups in total. The SMILES string of the molecule is CN1CCNC(=O)[C@@H]1CC(=O)N1CCN(C2C3CC4CC(C3)CC2C4)CC1. The number of amides is 2. The Hall–Kier alpha value is -1.14. The molecule has 6 nitrogen and oxygen atoms in total. The molecule has 4 bridgehead atoms. The molecule has 0 spiro atoms. The molecule has 2 aliphatic heterocycles. The van der Waals surface area contributed by atoms with Crippen LogP contribution in [0.1, 0.15) is 38.5 Å². The van der Waals surface area contributed by atoms with Gasteiger partial charge in [0.25, 0.3) is 0 Å². The lowest BCUT2D eigenvalue weighted by Gasteiger charge is -2.58. The number of piperazine rings is 2. The van der Waals surface area contributed by atoms with E-state index in [4.69, 9.17) is 0 Å². The lowest BCUT2D eigenvalue weighted by molar-refractivity contribution is -0.141. The minimum atomic E-state index is -0.297. The first-order valence-corrected chi connectivity index (χ1v) is 11.1. The van der Waals surface area contributed by atoms with E-state index in [0.29, 0.717) is 13.0 Å². The van der Waals surface area contributed by atoms with Crippen LogP contribution in [0.25, 0.3) is 0 Å². The van der Waals surface area contributed by atoms with Gasteiger partial charge in [-0.1, -0.05) is 0 Å². The molecule has 2 amide bonds. The molecule has 27 heavy (non-hydrogen) atoms. The van der Waals surface area contributed by atoms with Crippen molar-refractivity contribution in [2.45, 2.75) is 50.6 Å². The average molecular weight is 375 g/mol. The zero-order chi connectivity index (χ0) is 18.5. The van der Waals surface area contributed by atoms with Gasteiger partial charge in [0.05, 0.1) is 12.5 Å². The van der Waals surface area contributed by atoms with Gasteiger partial charge in [-0.25, -0.2) is 0 Å². The fourth-order valence-electron chi connectivity index (χ4n) is 7.13. The van der Waals surface area contributed by atoms with E-state index in [-0.39, 0.29) is 17.9 Å². The molecule has 6 fully saturated rings.